The van der Waals surface area contributed by atoms with Gasteiger partial charge in [0.2, 0.25) is 0 Å². The summed E-state index contributed by atoms with van der Waals surface area (Å²) in [6, 6.07) is 4.60. The van der Waals surface area contributed by atoms with Gasteiger partial charge in [-0.25, -0.2) is 4.39 Å². The highest BCUT2D eigenvalue weighted by molar-refractivity contribution is 6.00. The Morgan fingerprint density at radius 2 is 2.11 bits per heavy atom. The van der Waals surface area contributed by atoms with Crippen LogP contribution in [0.3, 0.4) is 0 Å². The van der Waals surface area contributed by atoms with E-state index in [4.69, 9.17) is 11.1 Å². The lowest BCUT2D eigenvalue weighted by atomic mass is 10.0. The topological polar surface area (TPSA) is 73.3 Å². The van der Waals surface area contributed by atoms with Crippen molar-refractivity contribution < 1.29 is 9.50 Å². The number of rotatable bonds is 4. The van der Waals surface area contributed by atoms with Crippen molar-refractivity contribution in [1.29, 1.82) is 5.41 Å². The van der Waals surface area contributed by atoms with Crippen molar-refractivity contribution in [2.75, 3.05) is 18.5 Å². The molecule has 0 bridgehead atoms. The van der Waals surface area contributed by atoms with Gasteiger partial charge in [-0.1, -0.05) is 18.9 Å². The Balaban J connectivity index is 2.26. The van der Waals surface area contributed by atoms with Crippen LogP contribution in [-0.4, -0.2) is 30.1 Å². The highest BCUT2D eigenvalue weighted by Crippen LogP contribution is 2.32. The van der Waals surface area contributed by atoms with Crippen molar-refractivity contribution in [1.82, 2.24) is 0 Å². The van der Waals surface area contributed by atoms with Crippen LogP contribution in [0.4, 0.5) is 10.1 Å². The van der Waals surface area contributed by atoms with Crippen molar-refractivity contribution in [2.45, 2.75) is 31.3 Å². The molecule has 104 valence electrons. The smallest absolute Gasteiger partial charge is 0.136 e. The number of nitrogen functional groups attached to an aromatic ring is 1. The summed E-state index contributed by atoms with van der Waals surface area (Å²) >= 11 is 0. The third kappa shape index (κ3) is 2.87. The van der Waals surface area contributed by atoms with Crippen molar-refractivity contribution in [3.05, 3.63) is 29.6 Å². The van der Waals surface area contributed by atoms with E-state index in [-0.39, 0.29) is 11.4 Å². The lowest BCUT2D eigenvalue weighted by molar-refractivity contribution is 0.0559. The van der Waals surface area contributed by atoms with Crippen LogP contribution in [0.2, 0.25) is 0 Å². The average Bonchev–Trinajstić information content (AvgIpc) is 2.74. The average molecular weight is 265 g/mol. The SMILES string of the molecule is CN(CC1(O)CCCC1)c1cccc(F)c1C(=N)N. The predicted molar refractivity (Wildman–Crippen MR) is 74.1 cm³/mol. The van der Waals surface area contributed by atoms with Crippen LogP contribution in [0.15, 0.2) is 18.2 Å². The lowest BCUT2D eigenvalue weighted by Crippen LogP contribution is -2.40. The number of aliphatic hydroxyl groups is 1. The summed E-state index contributed by atoms with van der Waals surface area (Å²) < 4.78 is 13.8. The third-order valence-corrected chi connectivity index (χ3v) is 3.74. The van der Waals surface area contributed by atoms with Crippen molar-refractivity contribution >= 4 is 11.5 Å². The molecule has 1 aliphatic carbocycles. The second-order valence-electron chi connectivity index (χ2n) is 5.34. The Bertz CT molecular complexity index is 484. The zero-order valence-electron chi connectivity index (χ0n) is 11.1. The molecular formula is C14H20FN3O. The molecule has 1 saturated carbocycles. The summed E-state index contributed by atoms with van der Waals surface area (Å²) in [5.74, 6) is -0.798. The molecule has 0 atom stereocenters. The Kier molecular flexibility index (Phi) is 3.75. The molecule has 0 aromatic heterocycles. The molecule has 0 spiro atoms. The fourth-order valence-electron chi connectivity index (χ4n) is 2.82. The number of halogens is 1. The van der Waals surface area contributed by atoms with E-state index in [0.717, 1.165) is 25.7 Å². The molecule has 4 N–H and O–H groups in total. The molecule has 0 aliphatic heterocycles. The number of nitrogens with one attached hydrogen (secondary N) is 1. The summed E-state index contributed by atoms with van der Waals surface area (Å²) in [5, 5.41) is 17.9. The van der Waals surface area contributed by atoms with Crippen LogP contribution < -0.4 is 10.6 Å². The molecule has 19 heavy (non-hydrogen) atoms. The molecule has 0 radical (unpaired) electrons. The van der Waals surface area contributed by atoms with E-state index < -0.39 is 11.4 Å². The van der Waals surface area contributed by atoms with Gasteiger partial charge in [-0.15, -0.1) is 0 Å². The zero-order valence-corrected chi connectivity index (χ0v) is 11.1. The van der Waals surface area contributed by atoms with Gasteiger partial charge >= 0.3 is 0 Å². The van der Waals surface area contributed by atoms with Gasteiger partial charge in [0, 0.05) is 13.6 Å². The maximum atomic E-state index is 13.8. The van der Waals surface area contributed by atoms with Crippen molar-refractivity contribution in [2.24, 2.45) is 5.73 Å². The first-order valence-corrected chi connectivity index (χ1v) is 6.49. The van der Waals surface area contributed by atoms with Gasteiger partial charge < -0.3 is 15.7 Å². The summed E-state index contributed by atoms with van der Waals surface area (Å²) in [7, 11) is 1.79. The largest absolute Gasteiger partial charge is 0.388 e. The van der Waals surface area contributed by atoms with Gasteiger partial charge in [0.15, 0.2) is 0 Å². The number of nitrogens with zero attached hydrogens (tertiary/aromatic N) is 1. The quantitative estimate of drug-likeness (QED) is 0.574. The Hall–Kier alpha value is -1.62. The second-order valence-corrected chi connectivity index (χ2v) is 5.34. The maximum absolute atomic E-state index is 13.8. The standard InChI is InChI=1S/C14H20FN3O/c1-18(9-14(19)7-2-3-8-14)11-6-4-5-10(15)12(11)13(16)17/h4-6,19H,2-3,7-9H2,1H3,(H3,16,17). The first kappa shape index (κ1) is 13.8. The van der Waals surface area contributed by atoms with Crippen LogP contribution in [0.5, 0.6) is 0 Å². The van der Waals surface area contributed by atoms with Gasteiger partial charge in [0.05, 0.1) is 16.9 Å². The van der Waals surface area contributed by atoms with Crippen molar-refractivity contribution in [3.8, 4) is 0 Å². The molecule has 5 heteroatoms. The van der Waals surface area contributed by atoms with Gasteiger partial charge in [-0.2, -0.15) is 0 Å². The molecular weight excluding hydrogens is 245 g/mol. The molecule has 1 aliphatic rings. The van der Waals surface area contributed by atoms with Crippen LogP contribution in [-0.2, 0) is 0 Å². The van der Waals surface area contributed by atoms with E-state index in [1.165, 1.54) is 6.07 Å². The monoisotopic (exact) mass is 265 g/mol. The van der Waals surface area contributed by atoms with E-state index >= 15 is 0 Å². The van der Waals surface area contributed by atoms with E-state index in [1.54, 1.807) is 24.1 Å². The van der Waals surface area contributed by atoms with Crippen LogP contribution in [0.25, 0.3) is 0 Å². The molecule has 1 fully saturated rings. The molecule has 1 aromatic carbocycles. The summed E-state index contributed by atoms with van der Waals surface area (Å²) in [5.41, 5.74) is 5.39. The van der Waals surface area contributed by atoms with E-state index in [9.17, 15) is 9.50 Å². The molecule has 0 saturated heterocycles. The predicted octanol–water partition coefficient (Wildman–Crippen LogP) is 1.85. The second kappa shape index (κ2) is 5.17. The summed E-state index contributed by atoms with van der Waals surface area (Å²) in [6.07, 6.45) is 3.57. The highest BCUT2D eigenvalue weighted by Gasteiger charge is 2.33. The molecule has 0 unspecified atom stereocenters. The molecule has 4 nitrogen and oxygen atoms in total. The summed E-state index contributed by atoms with van der Waals surface area (Å²) in [6.45, 7) is 0.427. The normalized spacial score (nSPS) is 17.4. The highest BCUT2D eigenvalue weighted by atomic mass is 19.1. The van der Waals surface area contributed by atoms with Gasteiger partial charge in [-0.3, -0.25) is 5.41 Å². The molecule has 0 heterocycles. The van der Waals surface area contributed by atoms with Gasteiger partial charge in [0.25, 0.3) is 0 Å². The fourth-order valence-corrected chi connectivity index (χ4v) is 2.82. The molecule has 2 rings (SSSR count). The fraction of sp³-hybridized carbons (Fsp3) is 0.500. The lowest BCUT2D eigenvalue weighted by Gasteiger charge is -2.31. The number of benzene rings is 1. The number of anilines is 1. The zero-order chi connectivity index (χ0) is 14.0. The minimum absolute atomic E-state index is 0.103. The minimum atomic E-state index is -0.713. The third-order valence-electron chi connectivity index (χ3n) is 3.74. The summed E-state index contributed by atoms with van der Waals surface area (Å²) in [4.78, 5) is 1.78. The number of hydrogen-bond acceptors (Lipinski definition) is 3. The van der Waals surface area contributed by atoms with Crippen molar-refractivity contribution in [3.63, 3.8) is 0 Å². The Labute approximate surface area is 112 Å². The molecule has 0 amide bonds. The van der Waals surface area contributed by atoms with E-state index in [1.807, 2.05) is 0 Å². The Morgan fingerprint density at radius 3 is 2.68 bits per heavy atom. The van der Waals surface area contributed by atoms with Crippen LogP contribution >= 0.6 is 0 Å². The number of likely N-dealkylation sites (N-methyl/N-ethyl adjacent to an activating group) is 1. The first-order valence-electron chi connectivity index (χ1n) is 6.49. The van der Waals surface area contributed by atoms with Gasteiger partial charge in [0.1, 0.15) is 11.7 Å². The Morgan fingerprint density at radius 1 is 1.47 bits per heavy atom. The van der Waals surface area contributed by atoms with E-state index in [2.05, 4.69) is 0 Å². The van der Waals surface area contributed by atoms with Crippen LogP contribution in [0.1, 0.15) is 31.2 Å². The molecule has 1 aromatic rings. The number of amidine groups is 1. The van der Waals surface area contributed by atoms with Gasteiger partial charge in [-0.05, 0) is 25.0 Å². The first-order chi connectivity index (χ1) is 8.93. The van der Waals surface area contributed by atoms with E-state index in [0.29, 0.717) is 12.2 Å². The number of hydrogen-bond donors (Lipinski definition) is 3. The van der Waals surface area contributed by atoms with Crippen LogP contribution in [0, 0.1) is 11.2 Å². The minimum Gasteiger partial charge on any atom is -0.388 e. The maximum Gasteiger partial charge on any atom is 0.136 e. The number of nitrogens with two attached hydrogens (primary N) is 1.